The summed E-state index contributed by atoms with van der Waals surface area (Å²) in [5, 5.41) is 24.0. The highest BCUT2D eigenvalue weighted by atomic mass is 16.2. The average Bonchev–Trinajstić information content (AvgIpc) is 3.98. The van der Waals surface area contributed by atoms with Crippen LogP contribution in [0.1, 0.15) is 67.8 Å². The van der Waals surface area contributed by atoms with Gasteiger partial charge in [0.2, 0.25) is 5.91 Å². The van der Waals surface area contributed by atoms with Crippen LogP contribution in [-0.2, 0) is 16.9 Å². The topological polar surface area (TPSA) is 155 Å². The first-order chi connectivity index (χ1) is 21.8. The minimum Gasteiger partial charge on any atom is -0.400 e. The summed E-state index contributed by atoms with van der Waals surface area (Å²) in [6, 6.07) is 18.9. The fourth-order valence-corrected chi connectivity index (χ4v) is 5.57. The van der Waals surface area contributed by atoms with Gasteiger partial charge in [0.1, 0.15) is 11.9 Å². The summed E-state index contributed by atoms with van der Waals surface area (Å²) >= 11 is 0. The lowest BCUT2D eigenvalue weighted by atomic mass is 9.84. The van der Waals surface area contributed by atoms with E-state index in [1.54, 1.807) is 10.9 Å². The zero-order valence-electron chi connectivity index (χ0n) is 26.0. The standard InChI is InChI=1S/C29H30N8O2.C4H8.CH4O/c30-14-11-29(37-18-23(26(31)38)27(34-37)33-28(39)21-7-8-21)12-15-35(16-13-29)17-20-5-9-22(10-6-20)36-19-32-24-3-1-2-4-25(24)36;1-4-2-3-4;1-2/h1-6,9-10,18-19,21H,7-8,11-13,15-17H2,(H2,31,38)(H,33,34,39);4H,2-3H2,1H3;2H,1H3. The predicted octanol–water partition coefficient (Wildman–Crippen LogP) is 4.60. The van der Waals surface area contributed by atoms with Crippen LogP contribution in [0.3, 0.4) is 0 Å². The number of aliphatic hydroxyl groups is 1. The second-order valence-electron chi connectivity index (χ2n) is 12.3. The molecule has 3 aliphatic rings. The molecule has 2 amide bonds. The summed E-state index contributed by atoms with van der Waals surface area (Å²) in [4.78, 5) is 31.3. The monoisotopic (exact) mass is 610 g/mol. The number of anilines is 1. The van der Waals surface area contributed by atoms with Crippen molar-refractivity contribution < 1.29 is 14.7 Å². The number of fused-ring (bicyclic) bond motifs is 1. The zero-order chi connectivity index (χ0) is 32.0. The van der Waals surface area contributed by atoms with E-state index in [9.17, 15) is 14.9 Å². The second-order valence-corrected chi connectivity index (χ2v) is 12.3. The quantitative estimate of drug-likeness (QED) is 0.263. The molecule has 11 heteroatoms. The summed E-state index contributed by atoms with van der Waals surface area (Å²) in [5.74, 6) is 0.452. The van der Waals surface area contributed by atoms with E-state index in [4.69, 9.17) is 10.8 Å². The van der Waals surface area contributed by atoms with Crippen LogP contribution < -0.4 is 11.1 Å². The molecule has 0 atom stereocenters. The number of carbonyl (C=O) groups excluding carboxylic acids is 2. The van der Waals surface area contributed by atoms with Crippen LogP contribution in [0, 0.1) is 23.2 Å². The number of likely N-dealkylation sites (tertiary alicyclic amines) is 1. The van der Waals surface area contributed by atoms with Crippen molar-refractivity contribution >= 4 is 28.7 Å². The van der Waals surface area contributed by atoms with Gasteiger partial charge in [-0.15, -0.1) is 0 Å². The molecule has 2 aromatic heterocycles. The van der Waals surface area contributed by atoms with E-state index in [2.05, 4.69) is 68.2 Å². The first-order valence-corrected chi connectivity index (χ1v) is 15.6. The SMILES string of the molecule is CC1CC1.CO.N#CCC1(n2cc(C(N)=O)c(NC(=O)C3CC3)n2)CCN(Cc2ccc(-n3cnc4ccccc43)cc2)CC1. The molecule has 3 heterocycles. The summed E-state index contributed by atoms with van der Waals surface area (Å²) < 4.78 is 3.78. The number of aliphatic hydroxyl groups excluding tert-OH is 1. The Hall–Kier alpha value is -4.53. The Morgan fingerprint density at radius 3 is 2.33 bits per heavy atom. The normalized spacial score (nSPS) is 17.3. The average molecular weight is 611 g/mol. The zero-order valence-corrected chi connectivity index (χ0v) is 26.0. The Morgan fingerprint density at radius 1 is 1.07 bits per heavy atom. The van der Waals surface area contributed by atoms with Crippen LogP contribution in [0.15, 0.2) is 61.1 Å². The van der Waals surface area contributed by atoms with Gasteiger partial charge in [-0.25, -0.2) is 4.98 Å². The lowest BCUT2D eigenvalue weighted by molar-refractivity contribution is -0.117. The number of benzene rings is 2. The van der Waals surface area contributed by atoms with Gasteiger partial charge in [0.05, 0.1) is 29.1 Å². The van der Waals surface area contributed by atoms with E-state index in [0.29, 0.717) is 12.8 Å². The minimum atomic E-state index is -0.649. The number of piperidine rings is 1. The van der Waals surface area contributed by atoms with Crippen LogP contribution in [0.4, 0.5) is 5.82 Å². The van der Waals surface area contributed by atoms with Crippen molar-refractivity contribution in [3.8, 4) is 11.8 Å². The van der Waals surface area contributed by atoms with E-state index in [1.165, 1.54) is 18.4 Å². The lowest BCUT2D eigenvalue weighted by Crippen LogP contribution is -2.46. The Morgan fingerprint density at radius 2 is 1.73 bits per heavy atom. The van der Waals surface area contributed by atoms with Crippen LogP contribution in [-0.4, -0.2) is 61.4 Å². The van der Waals surface area contributed by atoms with Crippen molar-refractivity contribution in [2.24, 2.45) is 17.6 Å². The Balaban J connectivity index is 0.000000609. The molecule has 1 aliphatic heterocycles. The summed E-state index contributed by atoms with van der Waals surface area (Å²) in [7, 11) is 1.00. The molecule has 1 saturated heterocycles. The lowest BCUT2D eigenvalue weighted by Gasteiger charge is -2.40. The summed E-state index contributed by atoms with van der Waals surface area (Å²) in [5.41, 5.74) is 9.51. The molecule has 0 spiro atoms. The van der Waals surface area contributed by atoms with Gasteiger partial charge >= 0.3 is 0 Å². The Labute approximate surface area is 263 Å². The van der Waals surface area contributed by atoms with Gasteiger partial charge in [0.25, 0.3) is 5.91 Å². The number of para-hydroxylation sites is 2. The highest BCUT2D eigenvalue weighted by Crippen LogP contribution is 2.36. The molecular formula is C34H42N8O3. The van der Waals surface area contributed by atoms with Crippen molar-refractivity contribution in [2.45, 2.75) is 64.0 Å². The fourth-order valence-electron chi connectivity index (χ4n) is 5.57. The van der Waals surface area contributed by atoms with Crippen molar-refractivity contribution in [1.82, 2.24) is 24.2 Å². The van der Waals surface area contributed by atoms with Gasteiger partial charge in [0.15, 0.2) is 5.82 Å². The Bertz CT molecular complexity index is 1650. The number of hydrogen-bond donors (Lipinski definition) is 3. The van der Waals surface area contributed by atoms with Crippen LogP contribution in [0.25, 0.3) is 16.7 Å². The van der Waals surface area contributed by atoms with Crippen LogP contribution in [0.5, 0.6) is 0 Å². The van der Waals surface area contributed by atoms with Gasteiger partial charge in [-0.05, 0) is 61.4 Å². The van der Waals surface area contributed by atoms with Gasteiger partial charge in [-0.1, -0.05) is 44.0 Å². The molecule has 7 rings (SSSR count). The number of nitriles is 1. The number of carbonyl (C=O) groups is 2. The molecule has 0 unspecified atom stereocenters. The summed E-state index contributed by atoms with van der Waals surface area (Å²) in [6.45, 7) is 4.61. The number of rotatable bonds is 8. The molecule has 4 aromatic rings. The largest absolute Gasteiger partial charge is 0.400 e. The first kappa shape index (κ1) is 31.9. The van der Waals surface area contributed by atoms with Gasteiger partial charge in [-0.3, -0.25) is 23.7 Å². The Kier molecular flexibility index (Phi) is 9.96. The smallest absolute Gasteiger partial charge is 0.254 e. The molecule has 2 saturated carbocycles. The maximum Gasteiger partial charge on any atom is 0.254 e. The minimum absolute atomic E-state index is 0.0273. The van der Waals surface area contributed by atoms with Gasteiger partial charge in [0, 0.05) is 44.5 Å². The van der Waals surface area contributed by atoms with Crippen LogP contribution >= 0.6 is 0 Å². The second kappa shape index (κ2) is 14.1. The van der Waals surface area contributed by atoms with E-state index >= 15 is 0 Å². The summed E-state index contributed by atoms with van der Waals surface area (Å²) in [6.07, 6.45) is 9.73. The highest BCUT2D eigenvalue weighted by Gasteiger charge is 2.39. The maximum atomic E-state index is 12.3. The number of nitrogens with one attached hydrogen (secondary N) is 1. The van der Waals surface area contributed by atoms with Crippen molar-refractivity contribution in [3.63, 3.8) is 0 Å². The molecule has 45 heavy (non-hydrogen) atoms. The van der Waals surface area contributed by atoms with E-state index in [-0.39, 0.29) is 29.6 Å². The molecule has 2 aliphatic carbocycles. The van der Waals surface area contributed by atoms with Gasteiger partial charge in [-0.2, -0.15) is 10.4 Å². The molecule has 3 fully saturated rings. The molecule has 0 bridgehead atoms. The third-order valence-electron chi connectivity index (χ3n) is 8.79. The maximum absolute atomic E-state index is 12.3. The molecule has 2 aromatic carbocycles. The number of aromatic nitrogens is 4. The molecule has 236 valence electrons. The van der Waals surface area contributed by atoms with Crippen molar-refractivity contribution in [1.29, 1.82) is 5.26 Å². The van der Waals surface area contributed by atoms with Crippen molar-refractivity contribution in [3.05, 3.63) is 72.2 Å². The third-order valence-corrected chi connectivity index (χ3v) is 8.79. The van der Waals surface area contributed by atoms with E-state index < -0.39 is 11.4 Å². The molecule has 4 N–H and O–H groups in total. The number of primary amides is 1. The van der Waals surface area contributed by atoms with Crippen molar-refractivity contribution in [2.75, 3.05) is 25.5 Å². The predicted molar refractivity (Wildman–Crippen MR) is 172 cm³/mol. The van der Waals surface area contributed by atoms with E-state index in [0.717, 1.165) is 62.2 Å². The van der Waals surface area contributed by atoms with E-state index in [1.807, 2.05) is 24.5 Å². The number of nitrogens with two attached hydrogens (primary N) is 1. The number of hydrogen-bond acceptors (Lipinski definition) is 7. The number of amides is 2. The highest BCUT2D eigenvalue weighted by molar-refractivity contribution is 6.02. The molecular weight excluding hydrogens is 568 g/mol. The van der Waals surface area contributed by atoms with Gasteiger partial charge < -0.3 is 16.2 Å². The first-order valence-electron chi connectivity index (χ1n) is 15.6. The fraction of sp³-hybridized carbons (Fsp3) is 0.441. The number of nitrogens with zero attached hydrogens (tertiary/aromatic N) is 6. The number of imidazole rings is 1. The molecule has 11 nitrogen and oxygen atoms in total. The third kappa shape index (κ3) is 7.59. The molecule has 0 radical (unpaired) electrons. The van der Waals surface area contributed by atoms with Crippen LogP contribution in [0.2, 0.25) is 0 Å².